The van der Waals surface area contributed by atoms with Crippen molar-refractivity contribution in [2.45, 2.75) is 26.2 Å². The molecule has 3 rings (SSSR count). The molecule has 0 unspecified atom stereocenters. The average Bonchev–Trinajstić information content (AvgIpc) is 3.13. The summed E-state index contributed by atoms with van der Waals surface area (Å²) in [6, 6.07) is 21.3. The molecule has 0 spiro atoms. The van der Waals surface area contributed by atoms with Gasteiger partial charge >= 0.3 is 5.97 Å². The van der Waals surface area contributed by atoms with E-state index in [4.69, 9.17) is 9.15 Å². The van der Waals surface area contributed by atoms with Gasteiger partial charge in [0.2, 0.25) is 0 Å². The minimum atomic E-state index is -0.384. The third-order valence-electron chi connectivity index (χ3n) is 4.15. The predicted octanol–water partition coefficient (Wildman–Crippen LogP) is 6.11. The van der Waals surface area contributed by atoms with Crippen molar-refractivity contribution >= 4 is 12.0 Å². The van der Waals surface area contributed by atoms with Gasteiger partial charge in [-0.25, -0.2) is 4.79 Å². The number of hydrogen-bond donors (Lipinski definition) is 0. The molecular weight excluding hydrogens is 336 g/mol. The summed E-state index contributed by atoms with van der Waals surface area (Å²) in [6.07, 6.45) is 3.77. The van der Waals surface area contributed by atoms with Crippen LogP contribution >= 0.6 is 0 Å². The highest BCUT2D eigenvalue weighted by atomic mass is 16.5. The normalized spacial score (nSPS) is 11.7. The van der Waals surface area contributed by atoms with Crippen LogP contribution in [0.3, 0.4) is 0 Å². The predicted molar refractivity (Wildman–Crippen MR) is 109 cm³/mol. The van der Waals surface area contributed by atoms with Crippen molar-refractivity contribution in [1.82, 2.24) is 0 Å². The van der Waals surface area contributed by atoms with E-state index in [-0.39, 0.29) is 18.0 Å². The van der Waals surface area contributed by atoms with Crippen molar-refractivity contribution < 1.29 is 13.9 Å². The molecule has 0 aliphatic rings. The van der Waals surface area contributed by atoms with Gasteiger partial charge < -0.3 is 9.15 Å². The molecule has 0 atom stereocenters. The van der Waals surface area contributed by atoms with Gasteiger partial charge in [0.25, 0.3) is 0 Å². The van der Waals surface area contributed by atoms with Crippen molar-refractivity contribution in [2.75, 3.05) is 6.61 Å². The van der Waals surface area contributed by atoms with Gasteiger partial charge in [-0.15, -0.1) is 0 Å². The van der Waals surface area contributed by atoms with E-state index in [9.17, 15) is 4.79 Å². The van der Waals surface area contributed by atoms with Gasteiger partial charge in [-0.1, -0.05) is 87.5 Å². The highest BCUT2D eigenvalue weighted by molar-refractivity contribution is 5.96. The number of ether oxygens (including phenoxy) is 1. The fourth-order valence-corrected chi connectivity index (χ4v) is 2.67. The quantitative estimate of drug-likeness (QED) is 0.515. The molecule has 27 heavy (non-hydrogen) atoms. The number of rotatable bonds is 5. The van der Waals surface area contributed by atoms with Crippen LogP contribution in [0.1, 0.15) is 42.5 Å². The first-order chi connectivity index (χ1) is 12.9. The van der Waals surface area contributed by atoms with E-state index in [1.165, 1.54) is 0 Å². The number of furan rings is 1. The summed E-state index contributed by atoms with van der Waals surface area (Å²) in [5.74, 6) is 0.927. The lowest BCUT2D eigenvalue weighted by atomic mass is 9.93. The SMILES string of the molecule is CC(C)(C)c1cc(C(=O)OC/C=C/c2ccccc2)c(-c2ccccc2)o1. The Hall–Kier alpha value is -3.07. The number of carbonyl (C=O) groups excluding carboxylic acids is 1. The largest absolute Gasteiger partial charge is 0.460 e. The van der Waals surface area contributed by atoms with Gasteiger partial charge in [0.05, 0.1) is 0 Å². The first-order valence-electron chi connectivity index (χ1n) is 9.03. The fraction of sp³-hybridized carbons (Fsp3) is 0.208. The lowest BCUT2D eigenvalue weighted by Crippen LogP contribution is -2.09. The van der Waals surface area contributed by atoms with Gasteiger partial charge in [-0.3, -0.25) is 0 Å². The maximum absolute atomic E-state index is 12.7. The standard InChI is InChI=1S/C24H24O3/c1-24(2,3)21-17-20(22(27-21)19-14-8-5-9-15-19)23(25)26-16-10-13-18-11-6-4-7-12-18/h4-15,17H,16H2,1-3H3/b13-10+. The third kappa shape index (κ3) is 4.76. The number of hydrogen-bond acceptors (Lipinski definition) is 3. The highest BCUT2D eigenvalue weighted by Gasteiger charge is 2.26. The smallest absolute Gasteiger partial charge is 0.342 e. The molecule has 0 saturated heterocycles. The molecule has 3 nitrogen and oxygen atoms in total. The van der Waals surface area contributed by atoms with E-state index in [1.54, 1.807) is 6.07 Å². The molecule has 3 aromatic rings. The van der Waals surface area contributed by atoms with Crippen LogP contribution in [-0.2, 0) is 10.2 Å². The molecule has 0 amide bonds. The zero-order valence-electron chi connectivity index (χ0n) is 15.9. The molecule has 0 aliphatic heterocycles. The molecule has 0 N–H and O–H groups in total. The summed E-state index contributed by atoms with van der Waals surface area (Å²) < 4.78 is 11.5. The first-order valence-corrected chi connectivity index (χ1v) is 9.03. The minimum Gasteiger partial charge on any atom is -0.460 e. The molecule has 0 radical (unpaired) electrons. The van der Waals surface area contributed by atoms with Gasteiger partial charge in [-0.2, -0.15) is 0 Å². The third-order valence-corrected chi connectivity index (χ3v) is 4.15. The summed E-state index contributed by atoms with van der Waals surface area (Å²) in [5, 5.41) is 0. The van der Waals surface area contributed by atoms with Crippen LogP contribution in [0.25, 0.3) is 17.4 Å². The number of carbonyl (C=O) groups is 1. The average molecular weight is 360 g/mol. The lowest BCUT2D eigenvalue weighted by Gasteiger charge is -2.13. The molecule has 1 heterocycles. The Kier molecular flexibility index (Phi) is 5.60. The molecular formula is C24H24O3. The first kappa shape index (κ1) is 18.7. The van der Waals surface area contributed by atoms with Crippen LogP contribution in [0.15, 0.2) is 77.2 Å². The summed E-state index contributed by atoms with van der Waals surface area (Å²) in [7, 11) is 0. The van der Waals surface area contributed by atoms with Gasteiger partial charge in [0, 0.05) is 11.0 Å². The van der Waals surface area contributed by atoms with Gasteiger partial charge in [0.15, 0.2) is 0 Å². The zero-order chi connectivity index (χ0) is 19.3. The number of benzene rings is 2. The Morgan fingerprint density at radius 2 is 1.63 bits per heavy atom. The Morgan fingerprint density at radius 1 is 1.00 bits per heavy atom. The van der Waals surface area contributed by atoms with Gasteiger partial charge in [0.1, 0.15) is 23.7 Å². The molecule has 0 saturated carbocycles. The molecule has 3 heteroatoms. The lowest BCUT2D eigenvalue weighted by molar-refractivity contribution is 0.0550. The summed E-state index contributed by atoms with van der Waals surface area (Å²) >= 11 is 0. The van der Waals surface area contributed by atoms with E-state index >= 15 is 0 Å². The zero-order valence-corrected chi connectivity index (χ0v) is 15.9. The van der Waals surface area contributed by atoms with E-state index in [0.29, 0.717) is 11.3 Å². The molecule has 0 bridgehead atoms. The maximum Gasteiger partial charge on any atom is 0.342 e. The fourth-order valence-electron chi connectivity index (χ4n) is 2.67. The summed E-state index contributed by atoms with van der Waals surface area (Å²) in [6.45, 7) is 6.37. The van der Waals surface area contributed by atoms with Crippen molar-refractivity contribution in [1.29, 1.82) is 0 Å². The molecule has 0 fully saturated rings. The van der Waals surface area contributed by atoms with Crippen molar-refractivity contribution in [3.8, 4) is 11.3 Å². The molecule has 2 aromatic carbocycles. The van der Waals surface area contributed by atoms with Crippen LogP contribution in [0.4, 0.5) is 0 Å². The summed E-state index contributed by atoms with van der Waals surface area (Å²) in [5.41, 5.74) is 2.19. The molecule has 138 valence electrons. The van der Waals surface area contributed by atoms with E-state index in [0.717, 1.165) is 16.9 Å². The molecule has 1 aromatic heterocycles. The summed E-state index contributed by atoms with van der Waals surface area (Å²) in [4.78, 5) is 12.7. The Balaban J connectivity index is 1.79. The van der Waals surface area contributed by atoms with Crippen LogP contribution < -0.4 is 0 Å². The van der Waals surface area contributed by atoms with Crippen molar-refractivity contribution in [3.05, 3.63) is 89.7 Å². The van der Waals surface area contributed by atoms with Crippen LogP contribution in [0.2, 0.25) is 0 Å². The van der Waals surface area contributed by atoms with Crippen LogP contribution in [-0.4, -0.2) is 12.6 Å². The number of esters is 1. The topological polar surface area (TPSA) is 39.4 Å². The Morgan fingerprint density at radius 3 is 2.26 bits per heavy atom. The maximum atomic E-state index is 12.7. The molecule has 0 aliphatic carbocycles. The van der Waals surface area contributed by atoms with E-state index in [1.807, 2.05) is 72.8 Å². The van der Waals surface area contributed by atoms with Crippen molar-refractivity contribution in [2.24, 2.45) is 0 Å². The van der Waals surface area contributed by atoms with Crippen LogP contribution in [0, 0.1) is 0 Å². The Bertz CT molecular complexity index is 913. The monoisotopic (exact) mass is 360 g/mol. The second-order valence-corrected chi connectivity index (χ2v) is 7.38. The minimum absolute atomic E-state index is 0.199. The van der Waals surface area contributed by atoms with Crippen molar-refractivity contribution in [3.63, 3.8) is 0 Å². The highest BCUT2D eigenvalue weighted by Crippen LogP contribution is 2.33. The van der Waals surface area contributed by atoms with E-state index in [2.05, 4.69) is 20.8 Å². The van der Waals surface area contributed by atoms with Crippen LogP contribution in [0.5, 0.6) is 0 Å². The second kappa shape index (κ2) is 8.09. The second-order valence-electron chi connectivity index (χ2n) is 7.38. The Labute approximate surface area is 160 Å². The van der Waals surface area contributed by atoms with Gasteiger partial charge in [-0.05, 0) is 17.7 Å². The van der Waals surface area contributed by atoms with E-state index < -0.39 is 0 Å².